The van der Waals surface area contributed by atoms with Crippen LogP contribution in [-0.4, -0.2) is 94.4 Å². The van der Waals surface area contributed by atoms with Crippen molar-refractivity contribution in [3.05, 3.63) is 240 Å². The van der Waals surface area contributed by atoms with Gasteiger partial charge in [0.25, 0.3) is 0 Å². The predicted octanol–water partition coefficient (Wildman–Crippen LogP) is 10.5. The van der Waals surface area contributed by atoms with Crippen molar-refractivity contribution in [1.29, 1.82) is 0 Å². The van der Waals surface area contributed by atoms with Gasteiger partial charge in [-0.2, -0.15) is 11.8 Å². The second-order valence-corrected chi connectivity index (χ2v) is 22.0. The van der Waals surface area contributed by atoms with Crippen LogP contribution in [-0.2, 0) is 33.4 Å². The maximum atomic E-state index is 14.9. The van der Waals surface area contributed by atoms with E-state index < -0.39 is 63.5 Å². The summed E-state index contributed by atoms with van der Waals surface area (Å²) in [6.45, 7) is 7.36. The number of amides is 3. The number of allylic oxidation sites excluding steroid dienone is 1. The van der Waals surface area contributed by atoms with E-state index in [-0.39, 0.29) is 36.9 Å². The zero-order chi connectivity index (χ0) is 54.2. The molecule has 76 heavy (non-hydrogen) atoms. The van der Waals surface area contributed by atoms with Crippen molar-refractivity contribution in [3.8, 4) is 0 Å². The summed E-state index contributed by atoms with van der Waals surface area (Å²) >= 11 is 4.63. The molecule has 0 aliphatic carbocycles. The summed E-state index contributed by atoms with van der Waals surface area (Å²) < 4.78 is 3.82. The number of carbonyl (C=O) groups excluding carboxylic acids is 4. The minimum atomic E-state index is -1.30. The lowest BCUT2D eigenvalue weighted by atomic mass is 9.84. The number of aliphatic hydroxyl groups excluding tert-OH is 2. The number of esters is 1. The molecule has 13 heteroatoms. The van der Waals surface area contributed by atoms with E-state index in [4.69, 9.17) is 4.74 Å². The van der Waals surface area contributed by atoms with Crippen LogP contribution in [0.25, 0.3) is 0 Å². The van der Waals surface area contributed by atoms with Crippen molar-refractivity contribution >= 4 is 59.0 Å². The molecule has 0 unspecified atom stereocenters. The molecule has 6 aromatic rings. The number of rotatable bonds is 30. The summed E-state index contributed by atoms with van der Waals surface area (Å²) in [5, 5.41) is 31.5. The largest absolute Gasteiger partial charge is 0.461 e. The standard InChI is InChI=1S/C63H71N3O7S3/c1-5-40-73-58(70)43-56(68)59(46(3)6-2)66-61(72)55(45-76-63(50-33-19-10-20-34-50,51-35-21-11-22-36-51)52-37-23-12-24-38-52)65-60(71)54(44-74-4)64-57(69)42-53(67)39-25-26-41-75-62(47-27-13-7-14-28-47,48-29-15-8-16-30-48)49-31-17-9-18-32-49/h5,7-25,27-39,46,53-56,59,67-68H,1,6,26,40-45H2,2-4H3,(H,64,69)(H,65,71)(H,66,72)/b39-25+/t46-,53+,54-,55-,56-,59+/m0/s1. The number of carbonyl (C=O) groups is 4. The Balaban J connectivity index is 1.20. The Hall–Kier alpha value is -6.35. The van der Waals surface area contributed by atoms with E-state index in [0.717, 1.165) is 33.4 Å². The van der Waals surface area contributed by atoms with Crippen molar-refractivity contribution < 1.29 is 34.1 Å². The van der Waals surface area contributed by atoms with Crippen molar-refractivity contribution in [2.24, 2.45) is 5.92 Å². The number of benzene rings is 6. The lowest BCUT2D eigenvalue weighted by Gasteiger charge is -2.37. The monoisotopic (exact) mass is 1080 g/mol. The molecule has 0 aromatic heterocycles. The molecular formula is C63H71N3O7S3. The molecule has 6 atom stereocenters. The third-order valence-corrected chi connectivity index (χ3v) is 17.1. The van der Waals surface area contributed by atoms with Crippen molar-refractivity contribution in [2.45, 2.75) is 79.4 Å². The smallest absolute Gasteiger partial charge is 0.308 e. The summed E-state index contributed by atoms with van der Waals surface area (Å²) in [6, 6.07) is 58.1. The van der Waals surface area contributed by atoms with Gasteiger partial charge in [0.15, 0.2) is 0 Å². The van der Waals surface area contributed by atoms with Crippen molar-refractivity contribution in [2.75, 3.05) is 30.1 Å². The van der Waals surface area contributed by atoms with Crippen LogP contribution in [0.1, 0.15) is 72.9 Å². The topological polar surface area (TPSA) is 154 Å². The van der Waals surface area contributed by atoms with Crippen LogP contribution in [0.15, 0.2) is 207 Å². The third kappa shape index (κ3) is 15.9. The molecule has 0 saturated heterocycles. The number of thioether (sulfide) groups is 3. The van der Waals surface area contributed by atoms with Crippen LogP contribution in [0.3, 0.4) is 0 Å². The van der Waals surface area contributed by atoms with Gasteiger partial charge in [-0.15, -0.1) is 23.5 Å². The fraction of sp³-hybridized carbons (Fsp3) is 0.302. The highest BCUT2D eigenvalue weighted by molar-refractivity contribution is 8.01. The van der Waals surface area contributed by atoms with Crippen LogP contribution in [0.4, 0.5) is 0 Å². The van der Waals surface area contributed by atoms with Gasteiger partial charge in [-0.25, -0.2) is 0 Å². The van der Waals surface area contributed by atoms with E-state index >= 15 is 0 Å². The summed E-state index contributed by atoms with van der Waals surface area (Å²) in [7, 11) is 0. The van der Waals surface area contributed by atoms with Gasteiger partial charge in [-0.3, -0.25) is 19.2 Å². The predicted molar refractivity (Wildman–Crippen MR) is 313 cm³/mol. The molecule has 0 heterocycles. The lowest BCUT2D eigenvalue weighted by molar-refractivity contribution is -0.145. The van der Waals surface area contributed by atoms with Gasteiger partial charge in [0.05, 0.1) is 40.6 Å². The summed E-state index contributed by atoms with van der Waals surface area (Å²) in [5.41, 5.74) is 6.31. The maximum absolute atomic E-state index is 14.9. The Morgan fingerprint density at radius 2 is 1.00 bits per heavy atom. The molecule has 0 saturated carbocycles. The van der Waals surface area contributed by atoms with Crippen molar-refractivity contribution in [3.63, 3.8) is 0 Å². The molecule has 0 spiro atoms. The molecule has 0 aliphatic heterocycles. The van der Waals surface area contributed by atoms with Gasteiger partial charge in [-0.1, -0.05) is 227 Å². The molecule has 0 bridgehead atoms. The summed E-state index contributed by atoms with van der Waals surface area (Å²) in [4.78, 5) is 55.8. The Morgan fingerprint density at radius 1 is 0.592 bits per heavy atom. The molecule has 6 rings (SSSR count). The molecule has 6 aromatic carbocycles. The van der Waals surface area contributed by atoms with Crippen LogP contribution in [0, 0.1) is 5.92 Å². The number of aliphatic hydroxyl groups is 2. The van der Waals surface area contributed by atoms with E-state index in [1.54, 1.807) is 6.08 Å². The van der Waals surface area contributed by atoms with Crippen LogP contribution < -0.4 is 16.0 Å². The molecule has 398 valence electrons. The molecule has 5 N–H and O–H groups in total. The Labute approximate surface area is 462 Å². The third-order valence-electron chi connectivity index (χ3n) is 13.2. The minimum Gasteiger partial charge on any atom is -0.461 e. The first-order valence-corrected chi connectivity index (χ1v) is 29.1. The van der Waals surface area contributed by atoms with Gasteiger partial charge in [0, 0.05) is 11.5 Å². The molecular weight excluding hydrogens is 1010 g/mol. The first kappa shape index (κ1) is 58.9. The molecule has 0 fully saturated rings. The Morgan fingerprint density at radius 3 is 1.41 bits per heavy atom. The van der Waals surface area contributed by atoms with Crippen LogP contribution in [0.2, 0.25) is 0 Å². The van der Waals surface area contributed by atoms with Gasteiger partial charge in [-0.05, 0) is 57.7 Å². The first-order valence-electron chi connectivity index (χ1n) is 25.8. The van der Waals surface area contributed by atoms with Gasteiger partial charge in [0.2, 0.25) is 17.7 Å². The van der Waals surface area contributed by atoms with E-state index in [2.05, 4.69) is 95.3 Å². The van der Waals surface area contributed by atoms with E-state index in [9.17, 15) is 29.4 Å². The Kier molecular flexibility index (Phi) is 23.6. The summed E-state index contributed by atoms with van der Waals surface area (Å²) in [6.07, 6.45) is 4.86. The van der Waals surface area contributed by atoms with Crippen LogP contribution >= 0.6 is 35.3 Å². The minimum absolute atomic E-state index is 0.0207. The van der Waals surface area contributed by atoms with E-state index in [0.29, 0.717) is 18.6 Å². The lowest BCUT2D eigenvalue weighted by Crippen LogP contribution is -2.59. The number of hydrogen-bond acceptors (Lipinski definition) is 10. The normalized spacial score (nSPS) is 14.1. The quantitative estimate of drug-likeness (QED) is 0.0127. The maximum Gasteiger partial charge on any atom is 0.308 e. The van der Waals surface area contributed by atoms with Gasteiger partial charge >= 0.3 is 5.97 Å². The Bertz CT molecular complexity index is 2550. The molecule has 0 aliphatic rings. The number of nitrogens with one attached hydrogen (secondary N) is 3. The molecule has 10 nitrogen and oxygen atoms in total. The highest BCUT2D eigenvalue weighted by atomic mass is 32.2. The summed E-state index contributed by atoms with van der Waals surface area (Å²) in [5.74, 6) is -1.69. The molecule has 3 amide bonds. The molecule has 0 radical (unpaired) electrons. The first-order chi connectivity index (χ1) is 37.0. The highest BCUT2D eigenvalue weighted by Gasteiger charge is 2.41. The van der Waals surface area contributed by atoms with E-state index in [1.165, 1.54) is 29.6 Å². The zero-order valence-corrected chi connectivity index (χ0v) is 46.0. The average Bonchev–Trinajstić information content (AvgIpc) is 3.45. The fourth-order valence-electron chi connectivity index (χ4n) is 9.24. The average molecular weight is 1080 g/mol. The van der Waals surface area contributed by atoms with Crippen molar-refractivity contribution in [1.82, 2.24) is 16.0 Å². The number of hydrogen-bond donors (Lipinski definition) is 5. The fourth-order valence-corrected chi connectivity index (χ4v) is 12.8. The second kappa shape index (κ2) is 30.4. The van der Waals surface area contributed by atoms with Gasteiger partial charge in [0.1, 0.15) is 18.7 Å². The van der Waals surface area contributed by atoms with Crippen LogP contribution in [0.5, 0.6) is 0 Å². The van der Waals surface area contributed by atoms with Gasteiger partial charge < -0.3 is 30.9 Å². The number of ether oxygens (including phenoxy) is 1. The van der Waals surface area contributed by atoms with E-state index in [1.807, 2.05) is 147 Å². The zero-order valence-electron chi connectivity index (χ0n) is 43.5. The second-order valence-electron chi connectivity index (χ2n) is 18.5. The highest BCUT2D eigenvalue weighted by Crippen LogP contribution is 2.50. The SMILES string of the molecule is C=CCOC(=O)C[C@H](O)[C@H](NC(=O)[C@H](CSC(c1ccccc1)(c1ccccc1)c1ccccc1)NC(=O)[C@H](CSC)NC(=O)C[C@H](O)/C=C/CCSC(c1ccccc1)(c1ccccc1)c1ccccc1)[C@@H](C)CC.